The second-order valence-corrected chi connectivity index (χ2v) is 4.63. The fraction of sp³-hybridized carbons (Fsp3) is 0.357. The van der Waals surface area contributed by atoms with Gasteiger partial charge in [-0.25, -0.2) is 14.6 Å². The highest BCUT2D eigenvalue weighted by atomic mass is 16.5. The number of carbonyl (C=O) groups excluding carboxylic acids is 1. The summed E-state index contributed by atoms with van der Waals surface area (Å²) < 4.78 is 5.05. The molecule has 1 aromatic rings. The Bertz CT molecular complexity index is 571. The number of hydrogen-bond donors (Lipinski definition) is 2. The number of nitrogens with zero attached hydrogens (tertiary/aromatic N) is 2. The normalized spacial score (nSPS) is 14.5. The van der Waals surface area contributed by atoms with Gasteiger partial charge in [0.15, 0.2) is 5.69 Å². The van der Waals surface area contributed by atoms with Gasteiger partial charge in [0.25, 0.3) is 0 Å². The van der Waals surface area contributed by atoms with Gasteiger partial charge >= 0.3 is 12.0 Å². The molecule has 2 amide bonds. The number of aromatic nitrogens is 1. The summed E-state index contributed by atoms with van der Waals surface area (Å²) in [5.74, 6) is -1.17. The van der Waals surface area contributed by atoms with Crippen LogP contribution in [0, 0.1) is 0 Å². The number of carboxylic acid groups (broad SMARTS) is 1. The zero-order chi connectivity index (χ0) is 15.2. The van der Waals surface area contributed by atoms with Crippen molar-refractivity contribution in [2.75, 3.05) is 32.1 Å². The molecule has 2 heterocycles. The number of carbonyl (C=O) groups is 2. The molecule has 7 heteroatoms. The van der Waals surface area contributed by atoms with E-state index in [1.165, 1.54) is 12.3 Å². The topological polar surface area (TPSA) is 91.8 Å². The number of carboxylic acids is 1. The van der Waals surface area contributed by atoms with Crippen molar-refractivity contribution in [1.82, 2.24) is 9.88 Å². The Kier molecular flexibility index (Phi) is 4.89. The molecule has 2 N–H and O–H groups in total. The number of methoxy groups -OCH3 is 1. The lowest BCUT2D eigenvalue weighted by Crippen LogP contribution is -2.38. The number of aromatic carboxylic acids is 1. The first kappa shape index (κ1) is 15.0. The first-order valence-corrected chi connectivity index (χ1v) is 6.53. The average molecular weight is 291 g/mol. The summed E-state index contributed by atoms with van der Waals surface area (Å²) in [5.41, 5.74) is 1.19. The van der Waals surface area contributed by atoms with Crippen LogP contribution in [-0.2, 0) is 4.74 Å². The quantitative estimate of drug-likeness (QED) is 0.822. The summed E-state index contributed by atoms with van der Waals surface area (Å²) in [5, 5.41) is 11.6. The molecule has 0 saturated heterocycles. The molecule has 1 aromatic heterocycles. The molecule has 0 aromatic carbocycles. The second kappa shape index (κ2) is 6.85. The van der Waals surface area contributed by atoms with E-state index in [0.717, 1.165) is 12.0 Å². The summed E-state index contributed by atoms with van der Waals surface area (Å²) >= 11 is 0. The Morgan fingerprint density at radius 3 is 2.95 bits per heavy atom. The summed E-state index contributed by atoms with van der Waals surface area (Å²) in [6.45, 7) is 1.62. The molecule has 2 rings (SSSR count). The zero-order valence-corrected chi connectivity index (χ0v) is 11.7. The van der Waals surface area contributed by atoms with Gasteiger partial charge in [-0.2, -0.15) is 0 Å². The molecule has 1 aliphatic rings. The van der Waals surface area contributed by atoms with Gasteiger partial charge in [0.1, 0.15) is 0 Å². The van der Waals surface area contributed by atoms with Crippen LogP contribution in [0.2, 0.25) is 0 Å². The Labute approximate surface area is 122 Å². The van der Waals surface area contributed by atoms with Crippen LogP contribution < -0.4 is 5.32 Å². The molecule has 21 heavy (non-hydrogen) atoms. The summed E-state index contributed by atoms with van der Waals surface area (Å²) in [6.07, 6.45) is 4.08. The van der Waals surface area contributed by atoms with Crippen molar-refractivity contribution in [3.63, 3.8) is 0 Å². The van der Waals surface area contributed by atoms with Crippen molar-refractivity contribution in [3.05, 3.63) is 35.7 Å². The van der Waals surface area contributed by atoms with Gasteiger partial charge < -0.3 is 20.1 Å². The Morgan fingerprint density at radius 1 is 1.52 bits per heavy atom. The van der Waals surface area contributed by atoms with Crippen LogP contribution in [0.15, 0.2) is 30.0 Å². The first-order valence-electron chi connectivity index (χ1n) is 6.53. The van der Waals surface area contributed by atoms with Crippen molar-refractivity contribution in [1.29, 1.82) is 0 Å². The predicted molar refractivity (Wildman–Crippen MR) is 76.4 cm³/mol. The molecule has 0 bridgehead atoms. The van der Waals surface area contributed by atoms with Crippen LogP contribution in [0.1, 0.15) is 16.9 Å². The maximum Gasteiger partial charge on any atom is 0.356 e. The number of urea groups is 1. The summed E-state index contributed by atoms with van der Waals surface area (Å²) in [6, 6.07) is 2.76. The van der Waals surface area contributed by atoms with E-state index >= 15 is 0 Å². The molecular weight excluding hydrogens is 274 g/mol. The lowest BCUT2D eigenvalue weighted by atomic mass is 10.1. The van der Waals surface area contributed by atoms with E-state index in [1.54, 1.807) is 18.1 Å². The maximum atomic E-state index is 12.1. The fourth-order valence-electron chi connectivity index (χ4n) is 2.08. The molecule has 0 aliphatic carbocycles. The molecule has 7 nitrogen and oxygen atoms in total. The van der Waals surface area contributed by atoms with Crippen molar-refractivity contribution in [2.24, 2.45) is 0 Å². The van der Waals surface area contributed by atoms with E-state index in [4.69, 9.17) is 9.84 Å². The van der Waals surface area contributed by atoms with Gasteiger partial charge in [-0.05, 0) is 24.1 Å². The van der Waals surface area contributed by atoms with Gasteiger partial charge in [0.2, 0.25) is 0 Å². The van der Waals surface area contributed by atoms with E-state index in [1.807, 2.05) is 6.08 Å². The molecular formula is C14H17N3O4. The number of pyridine rings is 1. The van der Waals surface area contributed by atoms with Crippen LogP contribution in [0.25, 0.3) is 0 Å². The first-order chi connectivity index (χ1) is 10.1. The van der Waals surface area contributed by atoms with Gasteiger partial charge in [0.05, 0.1) is 12.3 Å². The smallest absolute Gasteiger partial charge is 0.356 e. The van der Waals surface area contributed by atoms with E-state index in [0.29, 0.717) is 19.7 Å². The van der Waals surface area contributed by atoms with Gasteiger partial charge in [-0.3, -0.25) is 0 Å². The molecule has 0 radical (unpaired) electrons. The van der Waals surface area contributed by atoms with Crippen LogP contribution in [-0.4, -0.2) is 53.8 Å². The molecule has 0 spiro atoms. The largest absolute Gasteiger partial charge is 0.476 e. The van der Waals surface area contributed by atoms with E-state index in [-0.39, 0.29) is 17.4 Å². The highest BCUT2D eigenvalue weighted by Gasteiger charge is 2.19. The average Bonchev–Trinajstić information content (AvgIpc) is 2.48. The van der Waals surface area contributed by atoms with Crippen LogP contribution in [0.3, 0.4) is 0 Å². The van der Waals surface area contributed by atoms with Gasteiger partial charge in [0, 0.05) is 26.4 Å². The molecule has 1 aliphatic heterocycles. The van der Waals surface area contributed by atoms with Crippen molar-refractivity contribution in [2.45, 2.75) is 6.42 Å². The lowest BCUT2D eigenvalue weighted by molar-refractivity contribution is 0.0691. The Balaban J connectivity index is 2.02. The Morgan fingerprint density at radius 2 is 2.33 bits per heavy atom. The molecule has 0 saturated carbocycles. The van der Waals surface area contributed by atoms with E-state index in [2.05, 4.69) is 10.3 Å². The predicted octanol–water partition coefficient (Wildman–Crippen LogP) is 1.59. The minimum absolute atomic E-state index is 0.168. The third-order valence-corrected chi connectivity index (χ3v) is 3.17. The molecule has 0 fully saturated rings. The number of rotatable bonds is 4. The summed E-state index contributed by atoms with van der Waals surface area (Å²) in [4.78, 5) is 28.5. The maximum absolute atomic E-state index is 12.1. The van der Waals surface area contributed by atoms with Crippen molar-refractivity contribution in [3.8, 4) is 0 Å². The van der Waals surface area contributed by atoms with E-state index in [9.17, 15) is 9.59 Å². The van der Waals surface area contributed by atoms with E-state index < -0.39 is 5.97 Å². The molecule has 112 valence electrons. The number of ether oxygens (including phenoxy) is 1. The highest BCUT2D eigenvalue weighted by Crippen LogP contribution is 2.15. The second-order valence-electron chi connectivity index (χ2n) is 4.63. The third kappa shape index (κ3) is 3.79. The SMILES string of the molecule is COCC1=CCN(C(=O)Nc2cccnc2C(=O)O)CC1. The number of amides is 2. The molecule has 0 unspecified atom stereocenters. The van der Waals surface area contributed by atoms with Crippen molar-refractivity contribution < 1.29 is 19.4 Å². The van der Waals surface area contributed by atoms with Crippen LogP contribution in [0.4, 0.5) is 10.5 Å². The number of nitrogens with one attached hydrogen (secondary N) is 1. The van der Waals surface area contributed by atoms with Gasteiger partial charge in [-0.1, -0.05) is 6.08 Å². The highest BCUT2D eigenvalue weighted by molar-refractivity contribution is 5.98. The third-order valence-electron chi connectivity index (χ3n) is 3.17. The van der Waals surface area contributed by atoms with Crippen LogP contribution in [0.5, 0.6) is 0 Å². The van der Waals surface area contributed by atoms with Crippen molar-refractivity contribution >= 4 is 17.7 Å². The lowest BCUT2D eigenvalue weighted by Gasteiger charge is -2.26. The minimum Gasteiger partial charge on any atom is -0.476 e. The number of anilines is 1. The standard InChI is InChI=1S/C14H17N3O4/c1-21-9-10-4-7-17(8-5-10)14(20)16-11-3-2-6-15-12(11)13(18)19/h2-4,6H,5,7-9H2,1H3,(H,16,20)(H,18,19). The van der Waals surface area contributed by atoms with Gasteiger partial charge in [-0.15, -0.1) is 0 Å². The Hall–Kier alpha value is -2.41. The van der Waals surface area contributed by atoms with Crippen LogP contribution >= 0.6 is 0 Å². The zero-order valence-electron chi connectivity index (χ0n) is 11.7. The molecule has 0 atom stereocenters. The summed E-state index contributed by atoms with van der Waals surface area (Å²) in [7, 11) is 1.63. The minimum atomic E-state index is -1.17. The fourth-order valence-corrected chi connectivity index (χ4v) is 2.08. The monoisotopic (exact) mass is 291 g/mol. The number of hydrogen-bond acceptors (Lipinski definition) is 4.